The summed E-state index contributed by atoms with van der Waals surface area (Å²) in [5, 5.41) is 4.24. The summed E-state index contributed by atoms with van der Waals surface area (Å²) < 4.78 is 0. The first-order valence-corrected chi connectivity index (χ1v) is 9.05. The third-order valence-corrected chi connectivity index (χ3v) is 4.47. The number of aryl methyl sites for hydroxylation is 1. The summed E-state index contributed by atoms with van der Waals surface area (Å²) in [7, 11) is 0. The van der Waals surface area contributed by atoms with Crippen LogP contribution in [0, 0.1) is 6.92 Å². The first-order valence-electron chi connectivity index (χ1n) is 8.64. The van der Waals surface area contributed by atoms with Gasteiger partial charge < -0.3 is 15.1 Å². The van der Waals surface area contributed by atoms with Crippen LogP contribution in [0.1, 0.15) is 51.0 Å². The third kappa shape index (κ3) is 5.03. The minimum Gasteiger partial charge on any atom is -0.363 e. The number of hydrogen-bond acceptors (Lipinski definition) is 4. The molecule has 0 aliphatic carbocycles. The normalized spacial score (nSPS) is 15.2. The monoisotopic (exact) mass is 335 g/mol. The van der Waals surface area contributed by atoms with Gasteiger partial charge in [0.15, 0.2) is 5.11 Å². The van der Waals surface area contributed by atoms with Crippen LogP contribution in [-0.4, -0.2) is 52.7 Å². The molecular formula is C17H29N5S. The van der Waals surface area contributed by atoms with Gasteiger partial charge in [-0.2, -0.15) is 0 Å². The van der Waals surface area contributed by atoms with E-state index >= 15 is 0 Å². The maximum atomic E-state index is 5.49. The van der Waals surface area contributed by atoms with Crippen molar-refractivity contribution in [1.29, 1.82) is 0 Å². The molecule has 1 aliphatic rings. The Balaban J connectivity index is 1.93. The van der Waals surface area contributed by atoms with E-state index in [9.17, 15) is 0 Å². The minimum absolute atomic E-state index is 0.352. The van der Waals surface area contributed by atoms with Crippen LogP contribution >= 0.6 is 12.2 Å². The quantitative estimate of drug-likeness (QED) is 0.659. The van der Waals surface area contributed by atoms with Gasteiger partial charge in [0.2, 0.25) is 0 Å². The van der Waals surface area contributed by atoms with Crippen molar-refractivity contribution >= 4 is 23.1 Å². The molecule has 1 N–H and O–H groups in total. The van der Waals surface area contributed by atoms with Crippen molar-refractivity contribution in [2.45, 2.75) is 46.5 Å². The molecule has 6 heteroatoms. The smallest absolute Gasteiger partial charge is 0.169 e. The van der Waals surface area contributed by atoms with E-state index in [1.54, 1.807) is 0 Å². The standard InChI is InChI=1S/C17H29N5S/c1-5-6-7-18-17(23)22-10-8-21(9-11-22)15-12-14(4)19-16(20-15)13(2)3/h12-13H,5-11H2,1-4H3,(H,18,23). The van der Waals surface area contributed by atoms with Gasteiger partial charge in [0.05, 0.1) is 0 Å². The molecule has 1 saturated heterocycles. The molecule has 2 rings (SSSR count). The third-order valence-electron chi connectivity index (χ3n) is 4.07. The number of nitrogens with zero attached hydrogens (tertiary/aromatic N) is 4. The van der Waals surface area contributed by atoms with Crippen molar-refractivity contribution in [2.75, 3.05) is 37.6 Å². The van der Waals surface area contributed by atoms with Gasteiger partial charge in [0.1, 0.15) is 11.6 Å². The lowest BCUT2D eigenvalue weighted by Crippen LogP contribution is -2.52. The Morgan fingerprint density at radius 3 is 2.57 bits per heavy atom. The van der Waals surface area contributed by atoms with E-state index in [0.717, 1.165) is 61.6 Å². The van der Waals surface area contributed by atoms with E-state index in [1.807, 2.05) is 6.92 Å². The minimum atomic E-state index is 0.352. The number of piperazine rings is 1. The van der Waals surface area contributed by atoms with Crippen LogP contribution in [0.25, 0.3) is 0 Å². The van der Waals surface area contributed by atoms with Crippen molar-refractivity contribution in [2.24, 2.45) is 0 Å². The van der Waals surface area contributed by atoms with Crippen LogP contribution in [0.5, 0.6) is 0 Å². The number of unbranched alkanes of at least 4 members (excludes halogenated alkanes) is 1. The van der Waals surface area contributed by atoms with Crippen molar-refractivity contribution in [1.82, 2.24) is 20.2 Å². The second-order valence-electron chi connectivity index (χ2n) is 6.44. The number of hydrogen-bond donors (Lipinski definition) is 1. The van der Waals surface area contributed by atoms with Crippen LogP contribution in [0.4, 0.5) is 5.82 Å². The van der Waals surface area contributed by atoms with E-state index < -0.39 is 0 Å². The molecule has 0 saturated carbocycles. The molecule has 0 atom stereocenters. The molecule has 1 aromatic rings. The molecule has 1 aromatic heterocycles. The highest BCUT2D eigenvalue weighted by molar-refractivity contribution is 7.80. The van der Waals surface area contributed by atoms with Gasteiger partial charge in [-0.3, -0.25) is 0 Å². The number of nitrogens with one attached hydrogen (secondary N) is 1. The predicted octanol–water partition coefficient (Wildman–Crippen LogP) is 2.71. The van der Waals surface area contributed by atoms with E-state index in [-0.39, 0.29) is 0 Å². The average molecular weight is 336 g/mol. The molecule has 0 aromatic carbocycles. The van der Waals surface area contributed by atoms with Crippen molar-refractivity contribution in [3.05, 3.63) is 17.6 Å². The summed E-state index contributed by atoms with van der Waals surface area (Å²) in [6.07, 6.45) is 2.35. The summed E-state index contributed by atoms with van der Waals surface area (Å²) in [4.78, 5) is 13.9. The Bertz CT molecular complexity index is 524. The summed E-state index contributed by atoms with van der Waals surface area (Å²) in [5.74, 6) is 2.33. The van der Waals surface area contributed by atoms with Gasteiger partial charge in [-0.15, -0.1) is 0 Å². The van der Waals surface area contributed by atoms with E-state index in [4.69, 9.17) is 17.2 Å². The van der Waals surface area contributed by atoms with E-state index in [1.165, 1.54) is 6.42 Å². The fourth-order valence-corrected chi connectivity index (χ4v) is 2.90. The van der Waals surface area contributed by atoms with Gasteiger partial charge in [-0.05, 0) is 25.6 Å². The van der Waals surface area contributed by atoms with Crippen LogP contribution in [0.2, 0.25) is 0 Å². The molecule has 0 unspecified atom stereocenters. The molecule has 0 bridgehead atoms. The first-order chi connectivity index (χ1) is 11.0. The highest BCUT2D eigenvalue weighted by Crippen LogP contribution is 2.18. The summed E-state index contributed by atoms with van der Waals surface area (Å²) in [5.41, 5.74) is 1.04. The molecule has 1 fully saturated rings. The van der Waals surface area contributed by atoms with Crippen LogP contribution in [0.15, 0.2) is 6.07 Å². The molecule has 1 aliphatic heterocycles. The zero-order valence-electron chi connectivity index (χ0n) is 14.8. The maximum absolute atomic E-state index is 5.49. The van der Waals surface area contributed by atoms with Gasteiger partial charge in [-0.25, -0.2) is 9.97 Å². The summed E-state index contributed by atoms with van der Waals surface area (Å²) in [6.45, 7) is 13.3. The van der Waals surface area contributed by atoms with Gasteiger partial charge in [0, 0.05) is 50.4 Å². The first kappa shape index (κ1) is 17.9. The average Bonchev–Trinajstić information content (AvgIpc) is 2.54. The lowest BCUT2D eigenvalue weighted by Gasteiger charge is -2.37. The molecule has 128 valence electrons. The Morgan fingerprint density at radius 2 is 1.96 bits per heavy atom. The molecule has 0 spiro atoms. The number of anilines is 1. The number of thiocarbonyl (C=S) groups is 1. The molecule has 2 heterocycles. The zero-order valence-corrected chi connectivity index (χ0v) is 15.6. The Kier molecular flexibility index (Phi) is 6.57. The fraction of sp³-hybridized carbons (Fsp3) is 0.706. The van der Waals surface area contributed by atoms with Gasteiger partial charge in [0.25, 0.3) is 0 Å². The van der Waals surface area contributed by atoms with E-state index in [0.29, 0.717) is 5.92 Å². The lowest BCUT2D eigenvalue weighted by molar-refractivity contribution is 0.378. The largest absolute Gasteiger partial charge is 0.363 e. The predicted molar refractivity (Wildman–Crippen MR) is 100 cm³/mol. The highest BCUT2D eigenvalue weighted by atomic mass is 32.1. The summed E-state index contributed by atoms with van der Waals surface area (Å²) >= 11 is 5.49. The van der Waals surface area contributed by atoms with E-state index in [2.05, 4.69) is 46.9 Å². The Hall–Kier alpha value is -1.43. The van der Waals surface area contributed by atoms with Gasteiger partial charge >= 0.3 is 0 Å². The molecule has 23 heavy (non-hydrogen) atoms. The van der Waals surface area contributed by atoms with Crippen molar-refractivity contribution in [3.63, 3.8) is 0 Å². The number of aromatic nitrogens is 2. The van der Waals surface area contributed by atoms with Crippen molar-refractivity contribution < 1.29 is 0 Å². The van der Waals surface area contributed by atoms with Crippen LogP contribution in [-0.2, 0) is 0 Å². The fourth-order valence-electron chi connectivity index (χ4n) is 2.62. The maximum Gasteiger partial charge on any atom is 0.169 e. The SMILES string of the molecule is CCCCNC(=S)N1CCN(c2cc(C)nc(C(C)C)n2)CC1. The second-order valence-corrected chi connectivity index (χ2v) is 6.83. The zero-order chi connectivity index (χ0) is 16.8. The number of rotatable bonds is 5. The summed E-state index contributed by atoms with van der Waals surface area (Å²) in [6, 6.07) is 2.08. The molecule has 0 radical (unpaired) electrons. The molecule has 0 amide bonds. The second kappa shape index (κ2) is 8.43. The van der Waals surface area contributed by atoms with Crippen LogP contribution < -0.4 is 10.2 Å². The van der Waals surface area contributed by atoms with Gasteiger partial charge in [-0.1, -0.05) is 27.2 Å². The van der Waals surface area contributed by atoms with Crippen LogP contribution in [0.3, 0.4) is 0 Å². The van der Waals surface area contributed by atoms with Crippen molar-refractivity contribution in [3.8, 4) is 0 Å². The lowest BCUT2D eigenvalue weighted by atomic mass is 10.2. The highest BCUT2D eigenvalue weighted by Gasteiger charge is 2.20. The Morgan fingerprint density at radius 1 is 1.26 bits per heavy atom. The molecule has 5 nitrogen and oxygen atoms in total. The molecular weight excluding hydrogens is 306 g/mol. The topological polar surface area (TPSA) is 44.3 Å². The Labute approximate surface area is 145 Å².